The van der Waals surface area contributed by atoms with Crippen molar-refractivity contribution in [2.45, 2.75) is 46.4 Å². The lowest BCUT2D eigenvalue weighted by Crippen LogP contribution is -2.25. The highest BCUT2D eigenvalue weighted by atomic mass is 16.5. The van der Waals surface area contributed by atoms with E-state index in [0.29, 0.717) is 12.0 Å². The van der Waals surface area contributed by atoms with Gasteiger partial charge in [-0.25, -0.2) is 0 Å². The average molecular weight is 238 g/mol. The monoisotopic (exact) mass is 238 g/mol. The van der Waals surface area contributed by atoms with Crippen LogP contribution >= 0.6 is 0 Å². The van der Waals surface area contributed by atoms with E-state index in [1.807, 2.05) is 0 Å². The van der Waals surface area contributed by atoms with Crippen LogP contribution in [0.25, 0.3) is 0 Å². The molecule has 0 amide bonds. The van der Waals surface area contributed by atoms with Gasteiger partial charge in [-0.3, -0.25) is 0 Å². The standard InChI is InChI=1S/C14H26N2O/c1-6-15-14(11(2)3)13-7-8-16(10-13)9-12(4)17-5/h7-8,10-12,14-15H,6,9H2,1-5H3. The van der Waals surface area contributed by atoms with Crippen LogP contribution in [0, 0.1) is 5.92 Å². The predicted molar refractivity (Wildman–Crippen MR) is 72.2 cm³/mol. The van der Waals surface area contributed by atoms with Gasteiger partial charge in [-0.05, 0) is 31.0 Å². The lowest BCUT2D eigenvalue weighted by Gasteiger charge is -2.20. The van der Waals surface area contributed by atoms with Gasteiger partial charge in [0.15, 0.2) is 0 Å². The van der Waals surface area contributed by atoms with Crippen LogP contribution in [-0.2, 0) is 11.3 Å². The molecule has 0 aliphatic carbocycles. The summed E-state index contributed by atoms with van der Waals surface area (Å²) >= 11 is 0. The Labute approximate surface area is 105 Å². The largest absolute Gasteiger partial charge is 0.380 e. The average Bonchev–Trinajstić information content (AvgIpc) is 2.73. The van der Waals surface area contributed by atoms with Crippen LogP contribution in [0.1, 0.15) is 39.3 Å². The third-order valence-corrected chi connectivity index (χ3v) is 3.09. The first-order valence-corrected chi connectivity index (χ1v) is 6.50. The third-order valence-electron chi connectivity index (χ3n) is 3.09. The molecule has 0 fully saturated rings. The van der Waals surface area contributed by atoms with Crippen molar-refractivity contribution in [3.05, 3.63) is 24.0 Å². The van der Waals surface area contributed by atoms with Gasteiger partial charge in [-0.15, -0.1) is 0 Å². The molecule has 3 nitrogen and oxygen atoms in total. The molecular formula is C14H26N2O. The molecular weight excluding hydrogens is 212 g/mol. The highest BCUT2D eigenvalue weighted by molar-refractivity contribution is 5.16. The van der Waals surface area contributed by atoms with E-state index >= 15 is 0 Å². The second-order valence-electron chi connectivity index (χ2n) is 4.97. The lowest BCUT2D eigenvalue weighted by molar-refractivity contribution is 0.103. The first-order chi connectivity index (χ1) is 8.08. The number of hydrogen-bond donors (Lipinski definition) is 1. The van der Waals surface area contributed by atoms with Crippen LogP contribution < -0.4 is 5.32 Å². The van der Waals surface area contributed by atoms with Gasteiger partial charge in [0.25, 0.3) is 0 Å². The maximum atomic E-state index is 5.28. The predicted octanol–water partition coefficient (Wildman–Crippen LogP) is 2.83. The molecule has 0 aromatic carbocycles. The normalized spacial score (nSPS) is 15.2. The van der Waals surface area contributed by atoms with Crippen LogP contribution in [0.5, 0.6) is 0 Å². The molecule has 0 radical (unpaired) electrons. The number of rotatable bonds is 7. The van der Waals surface area contributed by atoms with E-state index in [4.69, 9.17) is 4.74 Å². The Balaban J connectivity index is 2.70. The second kappa shape index (κ2) is 6.82. The summed E-state index contributed by atoms with van der Waals surface area (Å²) in [5.41, 5.74) is 1.37. The van der Waals surface area contributed by atoms with Gasteiger partial charge in [0.2, 0.25) is 0 Å². The zero-order valence-electron chi connectivity index (χ0n) is 11.7. The van der Waals surface area contributed by atoms with Gasteiger partial charge >= 0.3 is 0 Å². The van der Waals surface area contributed by atoms with Crippen molar-refractivity contribution in [1.29, 1.82) is 0 Å². The van der Waals surface area contributed by atoms with Crippen LogP contribution in [0.15, 0.2) is 18.5 Å². The Kier molecular flexibility index (Phi) is 5.72. The first-order valence-electron chi connectivity index (χ1n) is 6.50. The number of nitrogens with zero attached hydrogens (tertiary/aromatic N) is 1. The van der Waals surface area contributed by atoms with Crippen molar-refractivity contribution < 1.29 is 4.74 Å². The topological polar surface area (TPSA) is 26.2 Å². The zero-order valence-corrected chi connectivity index (χ0v) is 11.7. The molecule has 1 aromatic rings. The third kappa shape index (κ3) is 4.17. The highest BCUT2D eigenvalue weighted by Gasteiger charge is 2.15. The number of ether oxygens (including phenoxy) is 1. The molecule has 1 rings (SSSR count). The minimum absolute atomic E-state index is 0.256. The summed E-state index contributed by atoms with van der Waals surface area (Å²) in [5, 5.41) is 3.53. The number of aromatic nitrogens is 1. The highest BCUT2D eigenvalue weighted by Crippen LogP contribution is 2.21. The van der Waals surface area contributed by atoms with E-state index in [0.717, 1.165) is 13.1 Å². The number of nitrogens with one attached hydrogen (secondary N) is 1. The van der Waals surface area contributed by atoms with Crippen molar-refractivity contribution in [2.24, 2.45) is 5.92 Å². The molecule has 17 heavy (non-hydrogen) atoms. The molecule has 1 N–H and O–H groups in total. The smallest absolute Gasteiger partial charge is 0.0721 e. The molecule has 0 aliphatic rings. The Hall–Kier alpha value is -0.800. The molecule has 0 spiro atoms. The van der Waals surface area contributed by atoms with Crippen molar-refractivity contribution >= 4 is 0 Å². The van der Waals surface area contributed by atoms with Gasteiger partial charge < -0.3 is 14.6 Å². The minimum atomic E-state index is 0.256. The zero-order chi connectivity index (χ0) is 12.8. The van der Waals surface area contributed by atoms with Crippen molar-refractivity contribution in [3.8, 4) is 0 Å². The molecule has 2 atom stereocenters. The van der Waals surface area contributed by atoms with Crippen LogP contribution in [0.3, 0.4) is 0 Å². The fraction of sp³-hybridized carbons (Fsp3) is 0.714. The fourth-order valence-electron chi connectivity index (χ4n) is 2.09. The molecule has 1 aromatic heterocycles. The molecule has 1 heterocycles. The summed E-state index contributed by atoms with van der Waals surface area (Å²) in [6, 6.07) is 2.65. The molecule has 0 bridgehead atoms. The Morgan fingerprint density at radius 3 is 2.59 bits per heavy atom. The molecule has 2 unspecified atom stereocenters. The Bertz CT molecular complexity index is 320. The molecule has 0 saturated heterocycles. The lowest BCUT2D eigenvalue weighted by atomic mass is 9.98. The van der Waals surface area contributed by atoms with Crippen molar-refractivity contribution in [1.82, 2.24) is 9.88 Å². The van der Waals surface area contributed by atoms with Crippen molar-refractivity contribution in [3.63, 3.8) is 0 Å². The summed E-state index contributed by atoms with van der Waals surface area (Å²) in [6.45, 7) is 10.7. The molecule has 3 heteroatoms. The van der Waals surface area contributed by atoms with Crippen LogP contribution in [-0.4, -0.2) is 24.3 Å². The summed E-state index contributed by atoms with van der Waals surface area (Å²) < 4.78 is 7.49. The Morgan fingerprint density at radius 2 is 2.06 bits per heavy atom. The number of hydrogen-bond acceptors (Lipinski definition) is 2. The van der Waals surface area contributed by atoms with Gasteiger partial charge in [-0.2, -0.15) is 0 Å². The van der Waals surface area contributed by atoms with Gasteiger partial charge in [0, 0.05) is 32.1 Å². The van der Waals surface area contributed by atoms with E-state index in [1.165, 1.54) is 5.56 Å². The summed E-state index contributed by atoms with van der Waals surface area (Å²) in [6.07, 6.45) is 4.62. The molecule has 0 aliphatic heterocycles. The van der Waals surface area contributed by atoms with Crippen LogP contribution in [0.2, 0.25) is 0 Å². The maximum absolute atomic E-state index is 5.28. The van der Waals surface area contributed by atoms with Gasteiger partial charge in [0.1, 0.15) is 0 Å². The van der Waals surface area contributed by atoms with E-state index < -0.39 is 0 Å². The maximum Gasteiger partial charge on any atom is 0.0721 e. The van der Waals surface area contributed by atoms with E-state index in [2.05, 4.69) is 56.0 Å². The Morgan fingerprint density at radius 1 is 1.35 bits per heavy atom. The summed E-state index contributed by atoms with van der Waals surface area (Å²) in [5.74, 6) is 0.602. The van der Waals surface area contributed by atoms with E-state index in [1.54, 1.807) is 7.11 Å². The SMILES string of the molecule is CCNC(c1ccn(CC(C)OC)c1)C(C)C. The van der Waals surface area contributed by atoms with Gasteiger partial charge in [0.05, 0.1) is 6.10 Å². The quantitative estimate of drug-likeness (QED) is 0.790. The summed E-state index contributed by atoms with van der Waals surface area (Å²) in [4.78, 5) is 0. The fourth-order valence-corrected chi connectivity index (χ4v) is 2.09. The van der Waals surface area contributed by atoms with Crippen molar-refractivity contribution in [2.75, 3.05) is 13.7 Å². The minimum Gasteiger partial charge on any atom is -0.380 e. The molecule has 98 valence electrons. The second-order valence-corrected chi connectivity index (χ2v) is 4.97. The van der Waals surface area contributed by atoms with Crippen LogP contribution in [0.4, 0.5) is 0 Å². The first kappa shape index (κ1) is 14.3. The molecule has 0 saturated carbocycles. The van der Waals surface area contributed by atoms with E-state index in [-0.39, 0.29) is 6.10 Å². The van der Waals surface area contributed by atoms with Gasteiger partial charge in [-0.1, -0.05) is 20.8 Å². The van der Waals surface area contributed by atoms with E-state index in [9.17, 15) is 0 Å². The summed E-state index contributed by atoms with van der Waals surface area (Å²) in [7, 11) is 1.75. The number of methoxy groups -OCH3 is 1.